The third kappa shape index (κ3) is 13.6. The topological polar surface area (TPSA) is 88.4 Å². The summed E-state index contributed by atoms with van der Waals surface area (Å²) in [5, 5.41) is 25.6. The van der Waals surface area contributed by atoms with Gasteiger partial charge in [-0.05, 0) is 18.6 Å². The first-order valence-electron chi connectivity index (χ1n) is 6.92. The number of aromatic hydroxyl groups is 1. The minimum absolute atomic E-state index is 0.0413. The third-order valence-electron chi connectivity index (χ3n) is 2.33. The highest BCUT2D eigenvalue weighted by atomic mass is 16.5. The standard InChI is InChI=1S/C8H18O5.C7H8O/c9-1-3-11-5-7-13-8-6-12-4-2-10;1-6-4-2-3-5-7(6)8/h9-10H,1-8H2;2-5,8H,1H3. The second kappa shape index (κ2) is 15.2. The van der Waals surface area contributed by atoms with Crippen LogP contribution in [0.2, 0.25) is 0 Å². The van der Waals surface area contributed by atoms with Gasteiger partial charge < -0.3 is 29.5 Å². The Morgan fingerprint density at radius 2 is 1.19 bits per heavy atom. The molecule has 1 rings (SSSR count). The summed E-state index contributed by atoms with van der Waals surface area (Å²) in [6.45, 7) is 4.63. The number of aryl methyl sites for hydroxylation is 1. The average Bonchev–Trinajstić information content (AvgIpc) is 2.49. The molecule has 0 aliphatic carbocycles. The van der Waals surface area contributed by atoms with E-state index >= 15 is 0 Å². The molecule has 0 radical (unpaired) electrons. The molecule has 21 heavy (non-hydrogen) atoms. The Kier molecular flexibility index (Phi) is 14.4. The van der Waals surface area contributed by atoms with Crippen molar-refractivity contribution in [3.63, 3.8) is 0 Å². The highest BCUT2D eigenvalue weighted by Crippen LogP contribution is 2.12. The zero-order chi connectivity index (χ0) is 15.8. The molecule has 0 unspecified atom stereocenters. The lowest BCUT2D eigenvalue weighted by Crippen LogP contribution is -2.11. The summed E-state index contributed by atoms with van der Waals surface area (Å²) in [7, 11) is 0. The number of ether oxygens (including phenoxy) is 3. The summed E-state index contributed by atoms with van der Waals surface area (Å²) >= 11 is 0. The molecule has 1 aromatic carbocycles. The van der Waals surface area contributed by atoms with Crippen LogP contribution in [0.3, 0.4) is 0 Å². The van der Waals surface area contributed by atoms with Crippen molar-refractivity contribution in [1.29, 1.82) is 0 Å². The Bertz CT molecular complexity index is 301. The van der Waals surface area contributed by atoms with Crippen molar-refractivity contribution >= 4 is 0 Å². The number of para-hydroxylation sites is 1. The number of aliphatic hydroxyl groups is 2. The summed E-state index contributed by atoms with van der Waals surface area (Å²) in [5.74, 6) is 0.368. The van der Waals surface area contributed by atoms with Crippen LogP contribution in [0.4, 0.5) is 0 Å². The van der Waals surface area contributed by atoms with Crippen LogP contribution in [0.15, 0.2) is 24.3 Å². The zero-order valence-electron chi connectivity index (χ0n) is 12.5. The van der Waals surface area contributed by atoms with Gasteiger partial charge in [-0.15, -0.1) is 0 Å². The summed E-state index contributed by atoms with van der Waals surface area (Å²) in [6, 6.07) is 7.25. The maximum absolute atomic E-state index is 8.92. The van der Waals surface area contributed by atoms with E-state index in [9.17, 15) is 0 Å². The Hall–Kier alpha value is -1.18. The lowest BCUT2D eigenvalue weighted by molar-refractivity contribution is 0.00230. The Labute approximate surface area is 125 Å². The fourth-order valence-corrected chi connectivity index (χ4v) is 1.23. The molecule has 0 aromatic heterocycles. The van der Waals surface area contributed by atoms with Gasteiger partial charge in [-0.3, -0.25) is 0 Å². The Morgan fingerprint density at radius 1 is 0.762 bits per heavy atom. The SMILES string of the molecule is Cc1ccccc1O.OCCOCCOCCOCCO. The van der Waals surface area contributed by atoms with E-state index in [0.29, 0.717) is 45.4 Å². The number of aliphatic hydroxyl groups excluding tert-OH is 2. The van der Waals surface area contributed by atoms with Crippen molar-refractivity contribution in [1.82, 2.24) is 0 Å². The third-order valence-corrected chi connectivity index (χ3v) is 2.33. The molecule has 0 amide bonds. The normalized spacial score (nSPS) is 10.0. The van der Waals surface area contributed by atoms with E-state index in [1.165, 1.54) is 0 Å². The van der Waals surface area contributed by atoms with Gasteiger partial charge in [0.2, 0.25) is 0 Å². The largest absolute Gasteiger partial charge is 0.508 e. The average molecular weight is 302 g/mol. The van der Waals surface area contributed by atoms with Crippen LogP contribution >= 0.6 is 0 Å². The first kappa shape index (κ1) is 19.8. The summed E-state index contributed by atoms with van der Waals surface area (Å²) in [5.41, 5.74) is 0.924. The molecule has 0 aliphatic heterocycles. The van der Waals surface area contributed by atoms with Crippen molar-refractivity contribution < 1.29 is 29.5 Å². The molecular weight excluding hydrogens is 276 g/mol. The van der Waals surface area contributed by atoms with Crippen molar-refractivity contribution in [3.05, 3.63) is 29.8 Å². The Morgan fingerprint density at radius 3 is 1.52 bits per heavy atom. The van der Waals surface area contributed by atoms with Gasteiger partial charge in [0.15, 0.2) is 0 Å². The zero-order valence-corrected chi connectivity index (χ0v) is 12.5. The van der Waals surface area contributed by atoms with Crippen molar-refractivity contribution in [2.45, 2.75) is 6.92 Å². The van der Waals surface area contributed by atoms with Crippen LogP contribution in [0, 0.1) is 6.92 Å². The van der Waals surface area contributed by atoms with Crippen LogP contribution in [0.25, 0.3) is 0 Å². The Balaban J connectivity index is 0.000000423. The van der Waals surface area contributed by atoms with Gasteiger partial charge in [-0.25, -0.2) is 0 Å². The predicted molar refractivity (Wildman–Crippen MR) is 79.5 cm³/mol. The van der Waals surface area contributed by atoms with Gasteiger partial charge in [-0.1, -0.05) is 18.2 Å². The molecule has 6 heteroatoms. The van der Waals surface area contributed by atoms with Crippen LogP contribution in [-0.4, -0.2) is 68.2 Å². The lowest BCUT2D eigenvalue weighted by atomic mass is 10.2. The number of rotatable bonds is 10. The summed E-state index contributed by atoms with van der Waals surface area (Å²) < 4.78 is 15.0. The smallest absolute Gasteiger partial charge is 0.118 e. The molecule has 0 atom stereocenters. The van der Waals surface area contributed by atoms with E-state index in [1.54, 1.807) is 6.07 Å². The summed E-state index contributed by atoms with van der Waals surface area (Å²) in [6.07, 6.45) is 0. The molecule has 3 N–H and O–H groups in total. The molecule has 0 spiro atoms. The van der Waals surface area contributed by atoms with Gasteiger partial charge in [0.1, 0.15) is 5.75 Å². The molecule has 0 saturated carbocycles. The molecule has 0 bridgehead atoms. The van der Waals surface area contributed by atoms with Gasteiger partial charge in [-0.2, -0.15) is 0 Å². The molecule has 0 heterocycles. The maximum Gasteiger partial charge on any atom is 0.118 e. The van der Waals surface area contributed by atoms with Crippen LogP contribution in [0.1, 0.15) is 5.56 Å². The molecule has 0 saturated heterocycles. The second-order valence-corrected chi connectivity index (χ2v) is 4.07. The molecule has 122 valence electrons. The monoisotopic (exact) mass is 302 g/mol. The van der Waals surface area contributed by atoms with E-state index in [1.807, 2.05) is 25.1 Å². The van der Waals surface area contributed by atoms with Crippen LogP contribution < -0.4 is 0 Å². The molecule has 0 fully saturated rings. The lowest BCUT2D eigenvalue weighted by Gasteiger charge is -2.04. The van der Waals surface area contributed by atoms with E-state index in [2.05, 4.69) is 0 Å². The van der Waals surface area contributed by atoms with Crippen molar-refractivity contribution in [2.75, 3.05) is 52.9 Å². The van der Waals surface area contributed by atoms with Crippen molar-refractivity contribution in [2.24, 2.45) is 0 Å². The van der Waals surface area contributed by atoms with Crippen molar-refractivity contribution in [3.8, 4) is 5.75 Å². The van der Waals surface area contributed by atoms with Gasteiger partial charge >= 0.3 is 0 Å². The maximum atomic E-state index is 8.92. The van der Waals surface area contributed by atoms with Gasteiger partial charge in [0, 0.05) is 0 Å². The number of hydrogen-bond donors (Lipinski definition) is 3. The van der Waals surface area contributed by atoms with Crippen LogP contribution in [-0.2, 0) is 14.2 Å². The quantitative estimate of drug-likeness (QED) is 0.552. The number of benzene rings is 1. The predicted octanol–water partition coefficient (Wildman–Crippen LogP) is 0.721. The molecule has 0 aliphatic rings. The van der Waals surface area contributed by atoms with Crippen LogP contribution in [0.5, 0.6) is 5.75 Å². The van der Waals surface area contributed by atoms with E-state index < -0.39 is 0 Å². The van der Waals surface area contributed by atoms with E-state index in [4.69, 9.17) is 29.5 Å². The first-order chi connectivity index (χ1) is 10.2. The highest BCUT2D eigenvalue weighted by molar-refractivity contribution is 5.29. The first-order valence-corrected chi connectivity index (χ1v) is 6.92. The number of phenols is 1. The van der Waals surface area contributed by atoms with E-state index in [0.717, 1.165) is 5.56 Å². The fraction of sp³-hybridized carbons (Fsp3) is 0.600. The van der Waals surface area contributed by atoms with Gasteiger partial charge in [0.05, 0.1) is 52.9 Å². The molecular formula is C15H26O6. The highest BCUT2D eigenvalue weighted by Gasteiger charge is 1.90. The molecule has 6 nitrogen and oxygen atoms in total. The number of phenolic OH excluding ortho intramolecular Hbond substituents is 1. The van der Waals surface area contributed by atoms with E-state index in [-0.39, 0.29) is 13.2 Å². The second-order valence-electron chi connectivity index (χ2n) is 4.07. The minimum Gasteiger partial charge on any atom is -0.508 e. The fourth-order valence-electron chi connectivity index (χ4n) is 1.23. The number of hydrogen-bond acceptors (Lipinski definition) is 6. The van der Waals surface area contributed by atoms with Gasteiger partial charge in [0.25, 0.3) is 0 Å². The molecule has 1 aromatic rings. The minimum atomic E-state index is 0.0413. The summed E-state index contributed by atoms with van der Waals surface area (Å²) in [4.78, 5) is 0.